The van der Waals surface area contributed by atoms with E-state index in [9.17, 15) is 120 Å². The van der Waals surface area contributed by atoms with Crippen molar-refractivity contribution in [3.05, 3.63) is 0 Å². The fraction of sp³-hybridized carbons (Fsp3) is 0.929. The molecule has 2 amide bonds. The molecule has 0 aromatic rings. The number of aliphatic hydroxyl groups is 13. The number of carboxylic acid groups (broad SMARTS) is 2. The summed E-state index contributed by atoms with van der Waals surface area (Å²) < 4.78 is 72.5. The van der Waals surface area contributed by atoms with Crippen molar-refractivity contribution in [2.75, 3.05) is 26.4 Å². The van der Waals surface area contributed by atoms with E-state index in [1.807, 2.05) is 0 Å². The molecule has 4 fully saturated rings. The lowest BCUT2D eigenvalue weighted by molar-refractivity contribution is -0.378. The minimum atomic E-state index is -6.03. The Labute approximate surface area is 713 Å². The molecule has 0 aromatic carbocycles. The molecule has 4 aliphatic heterocycles. The summed E-state index contributed by atoms with van der Waals surface area (Å²) in [6.07, 6.45) is -12.0. The Morgan fingerprint density at radius 1 is 0.430 bits per heavy atom. The van der Waals surface area contributed by atoms with E-state index in [1.54, 1.807) is 0 Å². The molecule has 4 heterocycles. The van der Waals surface area contributed by atoms with Gasteiger partial charge >= 0.3 is 31.7 Å². The van der Waals surface area contributed by atoms with Crippen LogP contribution in [0.15, 0.2) is 0 Å². The lowest BCUT2D eigenvalue weighted by atomic mass is 9.90. The Morgan fingerprint density at radius 2 is 0.793 bits per heavy atom. The standard InChI is InChI=1S/C84H153N2O34P/c1-5-9-13-17-21-25-29-33-37-41-55(89)45-65(96)85-69-77(115-67(98)47-57(91)43-39-35-31-27-23-19-15-11-7-3)73(102)63(113-79(69)103)53-111-80-70(86-66(97)46-56(90)42-38-34-30-26-22-18-14-10-6-2)78(116-68(99)48-58(92)44-40-36-32-28-24-20-16-12-8-4)76(120-121(108,109)110)64(114-80)54-112-83(81(104)105)50-62(72(101)75(118-83)61(95)52-88)117-84(82(106)107)49-59(93)71(100)74(119-84)60(94)51-87/h55-64,69-80,87-95,100-103H,5-54H2,1-4H3,(H,85,96)(H,86,97)(H,104,105)(H,106,107)(H2,108,109,110)/t55-,56-,57-,58-,59-,60-,61-,62-,63-,64-,69-,70-,71-,72-,73-,74-,75-,76-,77-,78-,79+,80-,83-,84-/m1/s1. The summed E-state index contributed by atoms with van der Waals surface area (Å²) in [5.41, 5.74) is 0. The summed E-state index contributed by atoms with van der Waals surface area (Å²) in [7, 11) is -6.03. The largest absolute Gasteiger partial charge is 0.477 e. The molecule has 24 atom stereocenters. The van der Waals surface area contributed by atoms with E-state index < -0.39 is 255 Å². The van der Waals surface area contributed by atoms with Gasteiger partial charge in [0.25, 0.3) is 11.6 Å². The van der Waals surface area contributed by atoms with Crippen molar-refractivity contribution in [1.82, 2.24) is 10.6 Å². The molecular formula is C84H153N2O34P. The van der Waals surface area contributed by atoms with Crippen molar-refractivity contribution in [2.45, 2.75) is 469 Å². The number of aliphatic carboxylic acids is 2. The third kappa shape index (κ3) is 40.6. The van der Waals surface area contributed by atoms with E-state index in [2.05, 4.69) is 38.3 Å². The third-order valence-electron chi connectivity index (χ3n) is 23.1. The summed E-state index contributed by atoms with van der Waals surface area (Å²) in [5, 5.41) is 172. The second kappa shape index (κ2) is 60.0. The van der Waals surface area contributed by atoms with Crippen molar-refractivity contribution < 1.29 is 167 Å². The second-order valence-corrected chi connectivity index (χ2v) is 34.9. The van der Waals surface area contributed by atoms with Gasteiger partial charge in [0, 0.05) is 12.8 Å². The number of amides is 2. The highest BCUT2D eigenvalue weighted by molar-refractivity contribution is 7.46. The average molecular weight is 1770 g/mol. The van der Waals surface area contributed by atoms with E-state index in [4.69, 9.17) is 47.2 Å². The zero-order valence-electron chi connectivity index (χ0n) is 72.0. The first-order chi connectivity index (χ1) is 57.7. The highest BCUT2D eigenvalue weighted by atomic mass is 31.2. The summed E-state index contributed by atoms with van der Waals surface area (Å²) in [4.78, 5) is 106. The van der Waals surface area contributed by atoms with Crippen LogP contribution in [0.25, 0.3) is 0 Å². The van der Waals surface area contributed by atoms with Gasteiger partial charge in [-0.2, -0.15) is 0 Å². The summed E-state index contributed by atoms with van der Waals surface area (Å²) >= 11 is 0. The molecule has 121 heavy (non-hydrogen) atoms. The molecule has 708 valence electrons. The van der Waals surface area contributed by atoms with Gasteiger partial charge in [0.1, 0.15) is 73.1 Å². The SMILES string of the molecule is CCCCCCCCCCC[C@@H](O)CC(=O)N[C@@H]1[C@@H](OC(=O)C[C@H](O)CCCCCCCCCCC)[C@H](O)[C@@H](CO[C@@H]2O[C@H](CO[C@]3(C(=O)O)C[C@@H](O[C@]4(C(=O)O)C[C@@H](O)[C@@H](O)[C@@H]([C@H](O)CO)O4)[C@@H](O)[C@@H]([C@H](O)CO)O3)[C@@H](OP(=O)(O)O)[C@H](OC(=O)C[C@H](O)CCCCCCCCCCC)[C@H]2NC(=O)C[C@H](O)CCCCCCCCCCC)O[C@@H]1O. The number of esters is 2. The van der Waals surface area contributed by atoms with Crippen molar-refractivity contribution >= 4 is 43.5 Å². The van der Waals surface area contributed by atoms with Crippen molar-refractivity contribution in [2.24, 2.45) is 0 Å². The Morgan fingerprint density at radius 3 is 1.18 bits per heavy atom. The van der Waals surface area contributed by atoms with Crippen LogP contribution in [0.3, 0.4) is 0 Å². The predicted molar refractivity (Wildman–Crippen MR) is 437 cm³/mol. The third-order valence-corrected chi connectivity index (χ3v) is 23.6. The maximum Gasteiger partial charge on any atom is 0.470 e. The zero-order chi connectivity index (χ0) is 89.5. The first-order valence-electron chi connectivity index (χ1n) is 45.2. The molecule has 0 aliphatic carbocycles. The number of ether oxygens (including phenoxy) is 9. The number of hydrogen-bond donors (Lipinski definition) is 19. The van der Waals surface area contributed by atoms with E-state index in [1.165, 1.54) is 0 Å². The minimum absolute atomic E-state index is 0.0358. The van der Waals surface area contributed by atoms with Gasteiger partial charge in [0.05, 0.1) is 88.7 Å². The Balaban J connectivity index is 1.86. The quantitative estimate of drug-likeness (QED) is 0.0186. The highest BCUT2D eigenvalue weighted by Gasteiger charge is 2.62. The number of phosphoric acid groups is 1. The predicted octanol–water partition coefficient (Wildman–Crippen LogP) is 6.10. The number of nitrogens with one attached hydrogen (secondary N) is 2. The fourth-order valence-electron chi connectivity index (χ4n) is 16.0. The van der Waals surface area contributed by atoms with Gasteiger partial charge in [-0.25, -0.2) is 14.2 Å². The van der Waals surface area contributed by atoms with Gasteiger partial charge < -0.3 is 140 Å². The van der Waals surface area contributed by atoms with E-state index in [0.717, 1.165) is 193 Å². The minimum Gasteiger partial charge on any atom is -0.477 e. The van der Waals surface area contributed by atoms with Crippen molar-refractivity contribution in [3.63, 3.8) is 0 Å². The molecule has 4 saturated heterocycles. The lowest BCUT2D eigenvalue weighted by Crippen LogP contribution is -2.69. The summed E-state index contributed by atoms with van der Waals surface area (Å²) in [5.74, 6) is -15.5. The summed E-state index contributed by atoms with van der Waals surface area (Å²) in [6.45, 7) is 3.39. The highest BCUT2D eigenvalue weighted by Crippen LogP contribution is 2.45. The van der Waals surface area contributed by atoms with E-state index in [-0.39, 0.29) is 25.7 Å². The molecule has 37 heteroatoms. The van der Waals surface area contributed by atoms with Crippen LogP contribution >= 0.6 is 7.82 Å². The molecule has 19 N–H and O–H groups in total. The first kappa shape index (κ1) is 109. The van der Waals surface area contributed by atoms with Gasteiger partial charge in [-0.15, -0.1) is 0 Å². The number of aliphatic hydroxyl groups excluding tert-OH is 13. The molecule has 0 bridgehead atoms. The van der Waals surface area contributed by atoms with Crippen LogP contribution in [0.1, 0.15) is 323 Å². The van der Waals surface area contributed by atoms with Crippen LogP contribution in [0, 0.1) is 0 Å². The van der Waals surface area contributed by atoms with Crippen LogP contribution in [0.5, 0.6) is 0 Å². The molecule has 0 unspecified atom stereocenters. The summed E-state index contributed by atoms with van der Waals surface area (Å²) in [6, 6.07) is -3.95. The van der Waals surface area contributed by atoms with Gasteiger partial charge in [-0.1, -0.05) is 259 Å². The average Bonchev–Trinajstić information content (AvgIpc) is 0.717. The smallest absolute Gasteiger partial charge is 0.470 e. The number of carboxylic acids is 2. The molecule has 4 rings (SSSR count). The molecule has 0 radical (unpaired) electrons. The first-order valence-corrected chi connectivity index (χ1v) is 46.7. The van der Waals surface area contributed by atoms with Gasteiger partial charge in [-0.05, 0) is 25.7 Å². The van der Waals surface area contributed by atoms with Crippen LogP contribution in [-0.2, 0) is 80.5 Å². The number of hydrogen-bond acceptors (Lipinski definition) is 30. The van der Waals surface area contributed by atoms with Crippen LogP contribution in [0.2, 0.25) is 0 Å². The maximum absolute atomic E-state index is 14.6. The molecule has 0 saturated carbocycles. The number of unbranched alkanes of at least 4 members (excludes halogenated alkanes) is 32. The normalized spacial score (nSPS) is 28.7. The number of phosphoric ester groups is 1. The van der Waals surface area contributed by atoms with Crippen molar-refractivity contribution in [1.29, 1.82) is 0 Å². The molecule has 0 aromatic heterocycles. The second-order valence-electron chi connectivity index (χ2n) is 33.7. The zero-order valence-corrected chi connectivity index (χ0v) is 72.9. The van der Waals surface area contributed by atoms with E-state index in [0.29, 0.717) is 38.5 Å². The molecule has 36 nitrogen and oxygen atoms in total. The number of carbonyl (C=O) groups excluding carboxylic acids is 4. The Bertz CT molecular complexity index is 2890. The van der Waals surface area contributed by atoms with E-state index >= 15 is 0 Å². The van der Waals surface area contributed by atoms with Gasteiger partial charge in [0.15, 0.2) is 24.8 Å². The Kier molecular flexibility index (Phi) is 54.3. The van der Waals surface area contributed by atoms with Crippen LogP contribution in [-0.4, -0.2) is 295 Å². The number of rotatable bonds is 68. The lowest BCUT2D eigenvalue weighted by Gasteiger charge is -2.50. The maximum atomic E-state index is 14.6. The monoisotopic (exact) mass is 1770 g/mol. The molecule has 0 spiro atoms. The molecule has 4 aliphatic rings. The topological polar surface area (TPSA) is 580 Å². The fourth-order valence-corrected chi connectivity index (χ4v) is 16.6. The molecular weight excluding hydrogens is 1610 g/mol. The number of carbonyl (C=O) groups is 6. The van der Waals surface area contributed by atoms with Gasteiger partial charge in [-0.3, -0.25) is 23.7 Å². The van der Waals surface area contributed by atoms with Crippen LogP contribution < -0.4 is 10.6 Å². The Hall–Kier alpha value is -3.87. The van der Waals surface area contributed by atoms with Gasteiger partial charge in [0.2, 0.25) is 11.8 Å². The van der Waals surface area contributed by atoms with Crippen LogP contribution in [0.4, 0.5) is 0 Å². The van der Waals surface area contributed by atoms with Crippen molar-refractivity contribution in [3.8, 4) is 0 Å².